The van der Waals surface area contributed by atoms with Gasteiger partial charge in [0.15, 0.2) is 5.82 Å². The Kier molecular flexibility index (Phi) is 4.34. The van der Waals surface area contributed by atoms with Crippen LogP contribution in [-0.4, -0.2) is 16.1 Å². The largest absolute Gasteiger partial charge is 0.309 e. The van der Waals surface area contributed by atoms with E-state index in [1.165, 1.54) is 0 Å². The van der Waals surface area contributed by atoms with E-state index in [0.717, 1.165) is 24.1 Å². The van der Waals surface area contributed by atoms with E-state index >= 15 is 0 Å². The number of H-pyrrole nitrogens is 1. The van der Waals surface area contributed by atoms with E-state index in [0.29, 0.717) is 5.82 Å². The van der Waals surface area contributed by atoms with Crippen molar-refractivity contribution < 1.29 is 4.79 Å². The van der Waals surface area contributed by atoms with Crippen molar-refractivity contribution in [2.45, 2.75) is 32.6 Å². The second-order valence-corrected chi connectivity index (χ2v) is 4.65. The first-order valence-corrected chi connectivity index (χ1v) is 6.60. The fourth-order valence-electron chi connectivity index (χ4n) is 1.95. The van der Waals surface area contributed by atoms with E-state index in [-0.39, 0.29) is 11.8 Å². The molecule has 2 rings (SSSR count). The van der Waals surface area contributed by atoms with Crippen LogP contribution in [0.15, 0.2) is 36.4 Å². The molecule has 0 aliphatic carbocycles. The first-order valence-electron chi connectivity index (χ1n) is 6.60. The topological polar surface area (TPSA) is 57.8 Å². The number of hydrogen-bond acceptors (Lipinski definition) is 2. The zero-order chi connectivity index (χ0) is 13.7. The summed E-state index contributed by atoms with van der Waals surface area (Å²) in [5.41, 5.74) is 2.05. The van der Waals surface area contributed by atoms with Crippen molar-refractivity contribution in [1.82, 2.24) is 10.2 Å². The number of anilines is 1. The highest BCUT2D eigenvalue weighted by atomic mass is 16.1. The van der Waals surface area contributed by atoms with Crippen LogP contribution in [0.2, 0.25) is 0 Å². The molecule has 1 aromatic heterocycles. The second-order valence-electron chi connectivity index (χ2n) is 4.65. The van der Waals surface area contributed by atoms with Crippen LogP contribution in [0.5, 0.6) is 0 Å². The number of amides is 1. The van der Waals surface area contributed by atoms with Gasteiger partial charge in [-0.3, -0.25) is 9.89 Å². The van der Waals surface area contributed by atoms with E-state index in [9.17, 15) is 4.79 Å². The average molecular weight is 257 g/mol. The minimum atomic E-state index is -0.187. The maximum Gasteiger partial charge on any atom is 0.232 e. The van der Waals surface area contributed by atoms with Gasteiger partial charge in [-0.25, -0.2) is 0 Å². The number of aromatic amines is 1. The number of carbonyl (C=O) groups is 1. The Bertz CT molecular complexity index is 533. The lowest BCUT2D eigenvalue weighted by Gasteiger charge is -2.10. The highest BCUT2D eigenvalue weighted by molar-refractivity contribution is 5.94. The minimum absolute atomic E-state index is 0.0410. The van der Waals surface area contributed by atoms with E-state index in [4.69, 9.17) is 0 Å². The predicted molar refractivity (Wildman–Crippen MR) is 76.1 cm³/mol. The van der Waals surface area contributed by atoms with Gasteiger partial charge < -0.3 is 5.32 Å². The number of rotatable bonds is 5. The minimum Gasteiger partial charge on any atom is -0.309 e. The number of carbonyl (C=O) groups excluding carboxylic acids is 1. The number of aryl methyl sites for hydroxylation is 1. The van der Waals surface area contributed by atoms with Gasteiger partial charge in [0.1, 0.15) is 0 Å². The molecule has 1 atom stereocenters. The maximum absolute atomic E-state index is 12.1. The fourth-order valence-corrected chi connectivity index (χ4v) is 1.95. The Morgan fingerprint density at radius 1 is 1.37 bits per heavy atom. The third-order valence-electron chi connectivity index (χ3n) is 3.09. The molecule has 100 valence electrons. The summed E-state index contributed by atoms with van der Waals surface area (Å²) in [7, 11) is 0. The fraction of sp³-hybridized carbons (Fsp3) is 0.333. The van der Waals surface area contributed by atoms with Crippen molar-refractivity contribution in [3.8, 4) is 0 Å². The molecule has 1 unspecified atom stereocenters. The van der Waals surface area contributed by atoms with Crippen LogP contribution in [0.25, 0.3) is 0 Å². The molecule has 0 fully saturated rings. The molecule has 0 spiro atoms. The number of hydrogen-bond donors (Lipinski definition) is 2. The number of nitrogens with zero attached hydrogens (tertiary/aromatic N) is 1. The molecule has 4 nitrogen and oxygen atoms in total. The molecule has 0 saturated carbocycles. The van der Waals surface area contributed by atoms with Crippen LogP contribution in [0, 0.1) is 0 Å². The predicted octanol–water partition coefficient (Wildman–Crippen LogP) is 3.10. The SMILES string of the molecule is CCCc1cc(NC(=O)C(C)c2ccccc2)n[nH]1. The second kappa shape index (κ2) is 6.18. The number of benzene rings is 1. The quantitative estimate of drug-likeness (QED) is 0.864. The lowest BCUT2D eigenvalue weighted by molar-refractivity contribution is -0.117. The average Bonchev–Trinajstić information content (AvgIpc) is 2.86. The van der Waals surface area contributed by atoms with Crippen molar-refractivity contribution in [3.63, 3.8) is 0 Å². The smallest absolute Gasteiger partial charge is 0.232 e. The first kappa shape index (κ1) is 13.3. The van der Waals surface area contributed by atoms with Crippen LogP contribution in [0.1, 0.15) is 37.4 Å². The Hall–Kier alpha value is -2.10. The molecule has 2 aromatic rings. The summed E-state index contributed by atoms with van der Waals surface area (Å²) in [6, 6.07) is 11.6. The van der Waals surface area contributed by atoms with E-state index in [1.54, 1.807) is 0 Å². The molecular weight excluding hydrogens is 238 g/mol. The highest BCUT2D eigenvalue weighted by Gasteiger charge is 2.15. The van der Waals surface area contributed by atoms with Crippen LogP contribution < -0.4 is 5.32 Å². The van der Waals surface area contributed by atoms with E-state index in [2.05, 4.69) is 22.4 Å². The van der Waals surface area contributed by atoms with E-state index in [1.807, 2.05) is 43.3 Å². The van der Waals surface area contributed by atoms with Crippen molar-refractivity contribution in [2.75, 3.05) is 5.32 Å². The van der Waals surface area contributed by atoms with Gasteiger partial charge in [-0.15, -0.1) is 0 Å². The van der Waals surface area contributed by atoms with Crippen molar-refractivity contribution in [3.05, 3.63) is 47.7 Å². The normalized spacial score (nSPS) is 12.1. The zero-order valence-electron chi connectivity index (χ0n) is 11.3. The first-order chi connectivity index (χ1) is 9.20. The summed E-state index contributed by atoms with van der Waals surface area (Å²) in [4.78, 5) is 12.1. The molecule has 1 amide bonds. The van der Waals surface area contributed by atoms with Crippen molar-refractivity contribution in [2.24, 2.45) is 0 Å². The van der Waals surface area contributed by atoms with Crippen LogP contribution in [-0.2, 0) is 11.2 Å². The van der Waals surface area contributed by atoms with Gasteiger partial charge in [-0.1, -0.05) is 43.7 Å². The Morgan fingerprint density at radius 3 is 2.79 bits per heavy atom. The lowest BCUT2D eigenvalue weighted by atomic mass is 10.0. The number of aromatic nitrogens is 2. The maximum atomic E-state index is 12.1. The lowest BCUT2D eigenvalue weighted by Crippen LogP contribution is -2.19. The zero-order valence-corrected chi connectivity index (χ0v) is 11.3. The van der Waals surface area contributed by atoms with Gasteiger partial charge in [0.05, 0.1) is 5.92 Å². The molecule has 0 saturated heterocycles. The molecule has 1 aromatic carbocycles. The van der Waals surface area contributed by atoms with Gasteiger partial charge in [0.25, 0.3) is 0 Å². The van der Waals surface area contributed by atoms with E-state index < -0.39 is 0 Å². The molecule has 0 radical (unpaired) electrons. The standard InChI is InChI=1S/C15H19N3O/c1-3-7-13-10-14(18-17-13)16-15(19)11(2)12-8-5-4-6-9-12/h4-6,8-11H,3,7H2,1-2H3,(H2,16,17,18,19). The van der Waals surface area contributed by atoms with Gasteiger partial charge in [-0.2, -0.15) is 5.10 Å². The molecule has 4 heteroatoms. The molecule has 0 aliphatic heterocycles. The molecular formula is C15H19N3O. The summed E-state index contributed by atoms with van der Waals surface area (Å²) in [5, 5.41) is 9.86. The van der Waals surface area contributed by atoms with Crippen LogP contribution in [0.4, 0.5) is 5.82 Å². The summed E-state index contributed by atoms with van der Waals surface area (Å²) in [5.74, 6) is 0.365. The van der Waals surface area contributed by atoms with Gasteiger partial charge >= 0.3 is 0 Å². The van der Waals surface area contributed by atoms with Gasteiger partial charge in [0.2, 0.25) is 5.91 Å². The van der Waals surface area contributed by atoms with Crippen LogP contribution >= 0.6 is 0 Å². The van der Waals surface area contributed by atoms with Crippen molar-refractivity contribution >= 4 is 11.7 Å². The summed E-state index contributed by atoms with van der Waals surface area (Å²) >= 11 is 0. The summed E-state index contributed by atoms with van der Waals surface area (Å²) < 4.78 is 0. The molecule has 1 heterocycles. The third kappa shape index (κ3) is 3.44. The highest BCUT2D eigenvalue weighted by Crippen LogP contribution is 2.17. The molecule has 2 N–H and O–H groups in total. The van der Waals surface area contributed by atoms with Crippen LogP contribution in [0.3, 0.4) is 0 Å². The molecule has 0 aliphatic rings. The Balaban J connectivity index is 2.00. The summed E-state index contributed by atoms with van der Waals surface area (Å²) in [6.07, 6.45) is 1.99. The van der Waals surface area contributed by atoms with Gasteiger partial charge in [0, 0.05) is 11.8 Å². The summed E-state index contributed by atoms with van der Waals surface area (Å²) in [6.45, 7) is 4.00. The van der Waals surface area contributed by atoms with Crippen molar-refractivity contribution in [1.29, 1.82) is 0 Å². The molecule has 0 bridgehead atoms. The Morgan fingerprint density at radius 2 is 2.11 bits per heavy atom. The third-order valence-corrected chi connectivity index (χ3v) is 3.09. The molecule has 19 heavy (non-hydrogen) atoms. The van der Waals surface area contributed by atoms with Gasteiger partial charge in [-0.05, 0) is 18.9 Å². The number of nitrogens with one attached hydrogen (secondary N) is 2. The monoisotopic (exact) mass is 257 g/mol. The Labute approximate surface area is 113 Å².